The first-order valence-electron chi connectivity index (χ1n) is 12.5. The van der Waals surface area contributed by atoms with Crippen molar-refractivity contribution >= 4 is 0 Å². The summed E-state index contributed by atoms with van der Waals surface area (Å²) in [4.78, 5) is 0. The molecule has 0 amide bonds. The number of rotatable bonds is 10. The minimum atomic E-state index is -0.376. The zero-order valence-electron chi connectivity index (χ0n) is 19.1. The Hall–Kier alpha value is -1.44. The molecule has 2 aliphatic rings. The van der Waals surface area contributed by atoms with E-state index in [9.17, 15) is 8.78 Å². The van der Waals surface area contributed by atoms with E-state index in [0.29, 0.717) is 12.3 Å². The third-order valence-corrected chi connectivity index (χ3v) is 7.28. The number of hydrogen-bond donors (Lipinski definition) is 0. The number of halogens is 2. The molecule has 2 heteroatoms. The molecule has 0 bridgehead atoms. The van der Waals surface area contributed by atoms with Crippen LogP contribution >= 0.6 is 0 Å². The van der Waals surface area contributed by atoms with Crippen LogP contribution in [0.4, 0.5) is 8.78 Å². The van der Waals surface area contributed by atoms with Gasteiger partial charge in [0, 0.05) is 11.5 Å². The van der Waals surface area contributed by atoms with Gasteiger partial charge in [-0.3, -0.25) is 0 Å². The summed E-state index contributed by atoms with van der Waals surface area (Å²) in [6.07, 6.45) is 22.1. The van der Waals surface area contributed by atoms with E-state index in [4.69, 9.17) is 0 Å². The summed E-state index contributed by atoms with van der Waals surface area (Å²) in [5.41, 5.74) is 2.48. The van der Waals surface area contributed by atoms with Gasteiger partial charge in [0.1, 0.15) is 11.6 Å². The maximum atomic E-state index is 14.4. The fourth-order valence-electron chi connectivity index (χ4n) is 5.26. The Kier molecular flexibility index (Phi) is 9.15. The van der Waals surface area contributed by atoms with E-state index in [0.717, 1.165) is 30.7 Å². The molecule has 1 unspecified atom stereocenters. The second-order valence-corrected chi connectivity index (χ2v) is 9.54. The highest BCUT2D eigenvalue weighted by Crippen LogP contribution is 2.39. The summed E-state index contributed by atoms with van der Waals surface area (Å²) in [7, 11) is 0. The van der Waals surface area contributed by atoms with E-state index in [1.807, 2.05) is 6.92 Å². The fourth-order valence-corrected chi connectivity index (χ4v) is 5.26. The molecule has 1 saturated carbocycles. The first-order chi connectivity index (χ1) is 14.6. The van der Waals surface area contributed by atoms with Gasteiger partial charge in [0.2, 0.25) is 0 Å². The maximum Gasteiger partial charge on any atom is 0.129 e. The van der Waals surface area contributed by atoms with Gasteiger partial charge in [-0.2, -0.15) is 0 Å². The Bertz CT molecular complexity index is 699. The number of allylic oxidation sites excluding steroid dienone is 4. The molecule has 0 nitrogen and oxygen atoms in total. The van der Waals surface area contributed by atoms with Crippen molar-refractivity contribution in [3.63, 3.8) is 0 Å². The summed E-state index contributed by atoms with van der Waals surface area (Å²) in [6, 6.07) is 3.12. The van der Waals surface area contributed by atoms with Gasteiger partial charge in [-0.1, -0.05) is 70.6 Å². The third-order valence-electron chi connectivity index (χ3n) is 7.28. The monoisotopic (exact) mass is 414 g/mol. The van der Waals surface area contributed by atoms with Crippen LogP contribution in [0.5, 0.6) is 0 Å². The average molecular weight is 415 g/mol. The Morgan fingerprint density at radius 1 is 0.867 bits per heavy atom. The highest BCUT2D eigenvalue weighted by molar-refractivity contribution is 5.36. The van der Waals surface area contributed by atoms with Crippen molar-refractivity contribution in [1.29, 1.82) is 0 Å². The molecule has 2 aliphatic carbocycles. The Morgan fingerprint density at radius 3 is 2.17 bits per heavy atom. The van der Waals surface area contributed by atoms with Crippen LogP contribution in [0, 0.1) is 23.5 Å². The second-order valence-electron chi connectivity index (χ2n) is 9.54. The molecule has 0 saturated heterocycles. The molecular formula is C28H40F2. The highest BCUT2D eigenvalue weighted by Gasteiger charge is 2.24. The van der Waals surface area contributed by atoms with Crippen LogP contribution in [-0.4, -0.2) is 0 Å². The molecule has 1 atom stereocenters. The summed E-state index contributed by atoms with van der Waals surface area (Å²) in [6.45, 7) is 4.32. The lowest BCUT2D eigenvalue weighted by atomic mass is 9.75. The molecule has 0 aliphatic heterocycles. The highest BCUT2D eigenvalue weighted by atomic mass is 19.1. The lowest BCUT2D eigenvalue weighted by Crippen LogP contribution is -2.17. The van der Waals surface area contributed by atoms with Crippen molar-refractivity contribution in [3.8, 4) is 0 Å². The summed E-state index contributed by atoms with van der Waals surface area (Å²) in [5, 5.41) is 0. The van der Waals surface area contributed by atoms with E-state index >= 15 is 0 Å². The van der Waals surface area contributed by atoms with Gasteiger partial charge >= 0.3 is 0 Å². The topological polar surface area (TPSA) is 0 Å². The first kappa shape index (κ1) is 23.2. The van der Waals surface area contributed by atoms with Crippen LogP contribution in [-0.2, 0) is 6.42 Å². The zero-order chi connectivity index (χ0) is 21.3. The van der Waals surface area contributed by atoms with Crippen LogP contribution in [0.1, 0.15) is 108 Å². The molecule has 3 rings (SSSR count). The van der Waals surface area contributed by atoms with Gasteiger partial charge < -0.3 is 0 Å². The number of unbranched alkanes of at least 4 members (excludes halogenated alkanes) is 4. The molecule has 0 radical (unpaired) electrons. The molecule has 1 fully saturated rings. The van der Waals surface area contributed by atoms with Gasteiger partial charge in [0.15, 0.2) is 0 Å². The fraction of sp³-hybridized carbons (Fsp3) is 0.643. The minimum absolute atomic E-state index is 0.0906. The first-order valence-corrected chi connectivity index (χ1v) is 12.5. The second kappa shape index (κ2) is 11.8. The van der Waals surface area contributed by atoms with E-state index in [1.54, 1.807) is 12.1 Å². The number of benzene rings is 1. The van der Waals surface area contributed by atoms with Crippen LogP contribution < -0.4 is 0 Å². The Labute approximate surface area is 182 Å². The molecule has 166 valence electrons. The van der Waals surface area contributed by atoms with E-state index in [1.165, 1.54) is 63.4 Å². The standard InChI is InChI=1S/C28H40F2/c1-3-5-7-8-9-21-11-13-22(14-12-21)23-15-17-24(18-16-23)25-19-27(29)26(10-6-4-2)28(30)20-25/h15-17,19-22,24H,3-14,18H2,1-2H3/t21-,22-,24?. The molecule has 0 spiro atoms. The van der Waals surface area contributed by atoms with Crippen molar-refractivity contribution in [2.45, 2.75) is 103 Å². The van der Waals surface area contributed by atoms with Crippen molar-refractivity contribution < 1.29 is 8.78 Å². The smallest absolute Gasteiger partial charge is 0.129 e. The van der Waals surface area contributed by atoms with E-state index in [2.05, 4.69) is 25.2 Å². The molecule has 0 aromatic heterocycles. The normalized spacial score (nSPS) is 24.1. The van der Waals surface area contributed by atoms with Gasteiger partial charge in [-0.15, -0.1) is 0 Å². The van der Waals surface area contributed by atoms with Crippen molar-refractivity contribution in [2.24, 2.45) is 11.8 Å². The summed E-state index contributed by atoms with van der Waals surface area (Å²) in [5.74, 6) is 0.945. The third kappa shape index (κ3) is 6.28. The Balaban J connectivity index is 1.51. The zero-order valence-corrected chi connectivity index (χ0v) is 19.1. The van der Waals surface area contributed by atoms with Gasteiger partial charge in [0.05, 0.1) is 0 Å². The summed E-state index contributed by atoms with van der Waals surface area (Å²) < 4.78 is 28.9. The van der Waals surface area contributed by atoms with Gasteiger partial charge in [-0.25, -0.2) is 8.78 Å². The SMILES string of the molecule is CCCCCC[C@H]1CC[C@H](C2=CCC(c3cc(F)c(CCCC)c(F)c3)C=C2)CC1. The number of hydrogen-bond acceptors (Lipinski definition) is 0. The molecule has 30 heavy (non-hydrogen) atoms. The largest absolute Gasteiger partial charge is 0.207 e. The van der Waals surface area contributed by atoms with Crippen molar-refractivity contribution in [2.75, 3.05) is 0 Å². The molecule has 0 N–H and O–H groups in total. The van der Waals surface area contributed by atoms with Crippen molar-refractivity contribution in [3.05, 3.63) is 58.7 Å². The lowest BCUT2D eigenvalue weighted by molar-refractivity contribution is 0.283. The maximum absolute atomic E-state index is 14.4. The average Bonchev–Trinajstić information content (AvgIpc) is 2.77. The molecule has 1 aromatic carbocycles. The van der Waals surface area contributed by atoms with Crippen molar-refractivity contribution in [1.82, 2.24) is 0 Å². The van der Waals surface area contributed by atoms with Crippen LogP contribution in [0.15, 0.2) is 35.9 Å². The predicted molar refractivity (Wildman–Crippen MR) is 124 cm³/mol. The van der Waals surface area contributed by atoms with Crippen LogP contribution in [0.25, 0.3) is 0 Å². The summed E-state index contributed by atoms with van der Waals surface area (Å²) >= 11 is 0. The predicted octanol–water partition coefficient (Wildman–Crippen LogP) is 9.05. The van der Waals surface area contributed by atoms with E-state index in [-0.39, 0.29) is 23.1 Å². The van der Waals surface area contributed by atoms with Crippen LogP contribution in [0.2, 0.25) is 0 Å². The lowest BCUT2D eigenvalue weighted by Gasteiger charge is -2.31. The molecule has 1 aromatic rings. The molecule has 0 heterocycles. The van der Waals surface area contributed by atoms with Gasteiger partial charge in [-0.05, 0) is 80.1 Å². The minimum Gasteiger partial charge on any atom is -0.207 e. The molecular weight excluding hydrogens is 374 g/mol. The quantitative estimate of drug-likeness (QED) is 0.335. The Morgan fingerprint density at radius 2 is 1.57 bits per heavy atom. The van der Waals surface area contributed by atoms with Gasteiger partial charge in [0.25, 0.3) is 0 Å². The van der Waals surface area contributed by atoms with E-state index < -0.39 is 0 Å². The van der Waals surface area contributed by atoms with Crippen LogP contribution in [0.3, 0.4) is 0 Å².